The van der Waals surface area contributed by atoms with E-state index < -0.39 is 6.04 Å². The van der Waals surface area contributed by atoms with Crippen molar-refractivity contribution < 1.29 is 9.90 Å². The van der Waals surface area contributed by atoms with Crippen LogP contribution in [0, 0.1) is 17.3 Å². The highest BCUT2D eigenvalue weighted by Gasteiger charge is 2.41. The largest absolute Gasteiger partial charge is 0.396 e. The number of hydrogen-bond acceptors (Lipinski definition) is 3. The maximum Gasteiger partial charge on any atom is 0.237 e. The van der Waals surface area contributed by atoms with E-state index in [2.05, 4.69) is 12.2 Å². The van der Waals surface area contributed by atoms with Crippen molar-refractivity contribution >= 4 is 5.91 Å². The van der Waals surface area contributed by atoms with Gasteiger partial charge < -0.3 is 16.2 Å². The van der Waals surface area contributed by atoms with Crippen molar-refractivity contribution in [1.82, 2.24) is 5.32 Å². The summed E-state index contributed by atoms with van der Waals surface area (Å²) in [7, 11) is 0. The molecule has 18 heavy (non-hydrogen) atoms. The van der Waals surface area contributed by atoms with Gasteiger partial charge in [-0.05, 0) is 36.5 Å². The fourth-order valence-corrected chi connectivity index (χ4v) is 2.66. The Morgan fingerprint density at radius 2 is 2.00 bits per heavy atom. The van der Waals surface area contributed by atoms with Crippen LogP contribution in [-0.4, -0.2) is 30.2 Å². The Bertz CT molecular complexity index is 275. The zero-order chi connectivity index (χ0) is 13.8. The van der Waals surface area contributed by atoms with E-state index in [1.165, 1.54) is 6.42 Å². The van der Waals surface area contributed by atoms with Crippen LogP contribution >= 0.6 is 0 Å². The second-order valence-electron chi connectivity index (χ2n) is 6.12. The highest BCUT2D eigenvalue weighted by molar-refractivity contribution is 5.81. The first-order chi connectivity index (χ1) is 8.43. The van der Waals surface area contributed by atoms with Crippen LogP contribution in [0.3, 0.4) is 0 Å². The van der Waals surface area contributed by atoms with Crippen molar-refractivity contribution in [2.24, 2.45) is 23.0 Å². The van der Waals surface area contributed by atoms with E-state index in [4.69, 9.17) is 10.8 Å². The molecule has 4 heteroatoms. The molecule has 0 bridgehead atoms. The molecule has 0 heterocycles. The molecule has 0 aromatic heterocycles. The first-order valence-corrected chi connectivity index (χ1v) is 7.07. The molecule has 4 nitrogen and oxygen atoms in total. The summed E-state index contributed by atoms with van der Waals surface area (Å²) >= 11 is 0. The quantitative estimate of drug-likeness (QED) is 0.642. The lowest BCUT2D eigenvalue weighted by Crippen LogP contribution is -2.51. The van der Waals surface area contributed by atoms with Crippen molar-refractivity contribution in [3.63, 3.8) is 0 Å². The van der Waals surface area contributed by atoms with Gasteiger partial charge in [-0.2, -0.15) is 0 Å². The maximum absolute atomic E-state index is 11.9. The molecular weight excluding hydrogens is 228 g/mol. The fraction of sp³-hybridized carbons (Fsp3) is 0.929. The Labute approximate surface area is 110 Å². The van der Waals surface area contributed by atoms with Gasteiger partial charge in [0, 0.05) is 13.2 Å². The summed E-state index contributed by atoms with van der Waals surface area (Å²) in [4.78, 5) is 11.9. The average Bonchev–Trinajstić information content (AvgIpc) is 2.26. The molecule has 0 saturated heterocycles. The smallest absolute Gasteiger partial charge is 0.237 e. The minimum absolute atomic E-state index is 0.0486. The SMILES string of the molecule is CC(C)[C@H](N)C(=O)NCC1(C(C)CCO)CCC1. The topological polar surface area (TPSA) is 75.4 Å². The standard InChI is InChI=1S/C14H28N2O2/c1-10(2)12(15)13(18)16-9-14(6-4-7-14)11(3)5-8-17/h10-12,17H,4-9,15H2,1-3H3,(H,16,18)/t11?,12-/m0/s1. The van der Waals surface area contributed by atoms with E-state index in [1.54, 1.807) is 0 Å². The van der Waals surface area contributed by atoms with Crippen LogP contribution in [0.5, 0.6) is 0 Å². The molecule has 1 fully saturated rings. The number of aliphatic hydroxyl groups is 1. The summed E-state index contributed by atoms with van der Waals surface area (Å²) < 4.78 is 0. The van der Waals surface area contributed by atoms with E-state index in [9.17, 15) is 4.79 Å². The predicted molar refractivity (Wildman–Crippen MR) is 73.0 cm³/mol. The molecule has 1 aliphatic carbocycles. The lowest BCUT2D eigenvalue weighted by molar-refractivity contribution is -0.124. The van der Waals surface area contributed by atoms with Gasteiger partial charge in [0.2, 0.25) is 5.91 Å². The number of nitrogens with two attached hydrogens (primary N) is 1. The third-order valence-corrected chi connectivity index (χ3v) is 4.59. The molecule has 0 aromatic rings. The van der Waals surface area contributed by atoms with Crippen molar-refractivity contribution in [3.8, 4) is 0 Å². The molecule has 1 rings (SSSR count). The molecule has 1 aliphatic rings. The van der Waals surface area contributed by atoms with Gasteiger partial charge in [0.05, 0.1) is 6.04 Å². The van der Waals surface area contributed by atoms with E-state index in [1.807, 2.05) is 13.8 Å². The van der Waals surface area contributed by atoms with Crippen LogP contribution in [0.1, 0.15) is 46.5 Å². The molecule has 1 unspecified atom stereocenters. The van der Waals surface area contributed by atoms with E-state index in [-0.39, 0.29) is 23.8 Å². The van der Waals surface area contributed by atoms with Crippen LogP contribution < -0.4 is 11.1 Å². The summed E-state index contributed by atoms with van der Waals surface area (Å²) in [6.45, 7) is 7.01. The molecule has 0 spiro atoms. The molecule has 0 aromatic carbocycles. The lowest BCUT2D eigenvalue weighted by atomic mass is 9.60. The monoisotopic (exact) mass is 256 g/mol. The molecule has 1 amide bonds. The van der Waals surface area contributed by atoms with Crippen molar-refractivity contribution in [2.75, 3.05) is 13.2 Å². The predicted octanol–water partition coefficient (Wildman–Crippen LogP) is 1.27. The molecule has 4 N–H and O–H groups in total. The number of amides is 1. The summed E-state index contributed by atoms with van der Waals surface area (Å²) in [6.07, 6.45) is 4.32. The Kier molecular flexibility index (Phi) is 5.60. The van der Waals surface area contributed by atoms with E-state index >= 15 is 0 Å². The number of carbonyl (C=O) groups excluding carboxylic acids is 1. The van der Waals surface area contributed by atoms with Gasteiger partial charge in [0.1, 0.15) is 0 Å². The third kappa shape index (κ3) is 3.45. The zero-order valence-electron chi connectivity index (χ0n) is 11.9. The Balaban J connectivity index is 2.47. The first kappa shape index (κ1) is 15.4. The second kappa shape index (κ2) is 6.53. The van der Waals surface area contributed by atoms with Gasteiger partial charge in [0.25, 0.3) is 0 Å². The van der Waals surface area contributed by atoms with Gasteiger partial charge in [-0.15, -0.1) is 0 Å². The van der Waals surface area contributed by atoms with Crippen molar-refractivity contribution in [2.45, 2.75) is 52.5 Å². The normalized spacial score (nSPS) is 21.2. The highest BCUT2D eigenvalue weighted by Crippen LogP contribution is 2.47. The molecular formula is C14H28N2O2. The highest BCUT2D eigenvalue weighted by atomic mass is 16.3. The van der Waals surface area contributed by atoms with Gasteiger partial charge in [-0.3, -0.25) is 4.79 Å². The fourth-order valence-electron chi connectivity index (χ4n) is 2.66. The minimum Gasteiger partial charge on any atom is -0.396 e. The van der Waals surface area contributed by atoms with Gasteiger partial charge in [-0.1, -0.05) is 27.2 Å². The van der Waals surface area contributed by atoms with Crippen LogP contribution in [0.2, 0.25) is 0 Å². The first-order valence-electron chi connectivity index (χ1n) is 7.07. The summed E-state index contributed by atoms with van der Waals surface area (Å²) in [5.74, 6) is 0.566. The number of hydrogen-bond donors (Lipinski definition) is 3. The van der Waals surface area contributed by atoms with E-state index in [0.29, 0.717) is 12.5 Å². The molecule has 0 radical (unpaired) electrons. The second-order valence-corrected chi connectivity index (χ2v) is 6.12. The van der Waals surface area contributed by atoms with Crippen molar-refractivity contribution in [1.29, 1.82) is 0 Å². The van der Waals surface area contributed by atoms with Crippen LogP contribution in [0.15, 0.2) is 0 Å². The molecule has 2 atom stereocenters. The number of rotatable bonds is 7. The van der Waals surface area contributed by atoms with Crippen LogP contribution in [-0.2, 0) is 4.79 Å². The summed E-state index contributed by atoms with van der Waals surface area (Å²) in [5.41, 5.74) is 6.02. The number of nitrogens with one attached hydrogen (secondary N) is 1. The maximum atomic E-state index is 11.9. The third-order valence-electron chi connectivity index (χ3n) is 4.59. The Hall–Kier alpha value is -0.610. The Morgan fingerprint density at radius 3 is 2.39 bits per heavy atom. The zero-order valence-corrected chi connectivity index (χ0v) is 11.9. The minimum atomic E-state index is -0.421. The van der Waals surface area contributed by atoms with Gasteiger partial charge in [0.15, 0.2) is 0 Å². The van der Waals surface area contributed by atoms with Crippen LogP contribution in [0.4, 0.5) is 0 Å². The van der Waals surface area contributed by atoms with Crippen molar-refractivity contribution in [3.05, 3.63) is 0 Å². The van der Waals surface area contributed by atoms with E-state index in [0.717, 1.165) is 19.3 Å². The molecule has 0 aliphatic heterocycles. The van der Waals surface area contributed by atoms with Gasteiger partial charge >= 0.3 is 0 Å². The molecule has 1 saturated carbocycles. The average molecular weight is 256 g/mol. The van der Waals surface area contributed by atoms with Crippen LogP contribution in [0.25, 0.3) is 0 Å². The van der Waals surface area contributed by atoms with Gasteiger partial charge in [-0.25, -0.2) is 0 Å². The lowest BCUT2D eigenvalue weighted by Gasteiger charge is -2.47. The number of carbonyl (C=O) groups is 1. The molecule has 106 valence electrons. The summed E-state index contributed by atoms with van der Waals surface area (Å²) in [5, 5.41) is 12.1. The summed E-state index contributed by atoms with van der Waals surface area (Å²) in [6, 6.07) is -0.421. The Morgan fingerprint density at radius 1 is 1.39 bits per heavy atom. The number of aliphatic hydroxyl groups excluding tert-OH is 1.